The Morgan fingerprint density at radius 2 is 1.80 bits per heavy atom. The molecule has 1 aromatic rings. The molecular weight excluding hydrogens is 234 g/mol. The Morgan fingerprint density at radius 3 is 2.30 bits per heavy atom. The molecule has 0 heterocycles. The Morgan fingerprint density at radius 1 is 1.20 bits per heavy atom. The molecule has 0 spiro atoms. The minimum absolute atomic E-state index is 0. The molecule has 0 aliphatic heterocycles. The van der Waals surface area contributed by atoms with E-state index in [4.69, 9.17) is 4.74 Å². The zero-order valence-corrected chi connectivity index (χ0v) is 11.6. The van der Waals surface area contributed by atoms with Crippen LogP contribution in [0.3, 0.4) is 0 Å². The van der Waals surface area contributed by atoms with Gasteiger partial charge in [-0.15, -0.1) is 0 Å². The van der Waals surface area contributed by atoms with Crippen molar-refractivity contribution >= 4 is 24.4 Å². The Kier molecular flexibility index (Phi) is 5.49. The van der Waals surface area contributed by atoms with Gasteiger partial charge < -0.3 is 0 Å². The van der Waals surface area contributed by atoms with Crippen molar-refractivity contribution in [2.45, 2.75) is 0 Å². The Bertz CT molecular complexity index is 167. The molecule has 54 valence electrons. The molecule has 0 fully saturated rings. The van der Waals surface area contributed by atoms with Gasteiger partial charge in [0.1, 0.15) is 0 Å². The second-order valence-corrected chi connectivity index (χ2v) is 3.39. The molecule has 0 radical (unpaired) electrons. The van der Waals surface area contributed by atoms with Gasteiger partial charge in [0, 0.05) is 0 Å². The fourth-order valence-electron chi connectivity index (χ4n) is 0.683. The second-order valence-electron chi connectivity index (χ2n) is 1.75. The van der Waals surface area contributed by atoms with E-state index in [0.29, 0.717) is 24.4 Å². The Labute approximate surface area is 74.3 Å². The molecule has 1 nitrogen and oxygen atoms in total. The van der Waals surface area contributed by atoms with E-state index in [-0.39, 0.29) is 4.70 Å². The van der Waals surface area contributed by atoms with E-state index in [9.17, 15) is 0 Å². The first-order valence-corrected chi connectivity index (χ1v) is 7.15. The Balaban J connectivity index is 0.000000810. The van der Waals surface area contributed by atoms with Crippen molar-refractivity contribution in [3.05, 3.63) is 30.3 Å². The molecule has 1 aromatic carbocycles. The molecule has 3 heteroatoms. The van der Waals surface area contributed by atoms with Crippen LogP contribution in [0.4, 0.5) is 4.70 Å². The van der Waals surface area contributed by atoms with Gasteiger partial charge in [0.05, 0.1) is 0 Å². The summed E-state index contributed by atoms with van der Waals surface area (Å²) in [4.78, 5) is 0. The molecule has 0 aromatic heterocycles. The van der Waals surface area contributed by atoms with Gasteiger partial charge in [0.15, 0.2) is 0 Å². The van der Waals surface area contributed by atoms with Gasteiger partial charge in [-0.1, -0.05) is 0 Å². The van der Waals surface area contributed by atoms with E-state index in [2.05, 4.69) is 0 Å². The summed E-state index contributed by atoms with van der Waals surface area (Å²) in [5.41, 5.74) is 0. The molecule has 0 saturated carbocycles. The van der Waals surface area contributed by atoms with Crippen molar-refractivity contribution in [2.75, 3.05) is 4.36 Å². The molecule has 0 unspecified atom stereocenters. The Hall–Kier alpha value is -0.180. The predicted molar refractivity (Wildman–Crippen MR) is 43.0 cm³/mol. The number of hydrogen-bond acceptors (Lipinski definition) is 1. The number of halogens is 1. The number of rotatable bonds is 2. The van der Waals surface area contributed by atoms with Crippen LogP contribution in [0, 0.1) is 0 Å². The van der Waals surface area contributed by atoms with E-state index < -0.39 is 0 Å². The minimum atomic E-state index is 0. The maximum atomic E-state index is 5.30. The first-order chi connectivity index (χ1) is 4.43. The average Bonchev–Trinajstić information content (AvgIpc) is 1.91. The first-order valence-electron chi connectivity index (χ1n) is 3.11. The summed E-state index contributed by atoms with van der Waals surface area (Å²) in [5, 5.41) is 0. The van der Waals surface area contributed by atoms with Crippen LogP contribution in [0.5, 0.6) is 5.75 Å². The molecule has 0 amide bonds. The summed E-state index contributed by atoms with van der Waals surface area (Å²) < 4.78 is 6.25. The van der Waals surface area contributed by atoms with Gasteiger partial charge in [-0.05, 0) is 0 Å². The summed E-state index contributed by atoms with van der Waals surface area (Å²) >= 11 is 0.652. The molecule has 0 aliphatic rings. The zero-order valence-electron chi connectivity index (χ0n) is 5.91. The SMILES string of the molecule is F.[InH2][CH2]Oc1ccccc1. The molecule has 0 saturated heterocycles. The van der Waals surface area contributed by atoms with Crippen molar-refractivity contribution in [1.29, 1.82) is 0 Å². The summed E-state index contributed by atoms with van der Waals surface area (Å²) in [7, 11) is 0. The average molecular weight is 244 g/mol. The maximum absolute atomic E-state index is 5.30. The van der Waals surface area contributed by atoms with Crippen LogP contribution in [-0.2, 0) is 0 Å². The summed E-state index contributed by atoms with van der Waals surface area (Å²) in [6.45, 7) is 0. The third-order valence-electron chi connectivity index (χ3n) is 1.05. The second kappa shape index (κ2) is 5.59. The normalized spacial score (nSPS) is 8.00. The van der Waals surface area contributed by atoms with Gasteiger partial charge in [0.2, 0.25) is 0 Å². The van der Waals surface area contributed by atoms with Gasteiger partial charge in [-0.3, -0.25) is 4.70 Å². The van der Waals surface area contributed by atoms with E-state index >= 15 is 0 Å². The fraction of sp³-hybridized carbons (Fsp3) is 0.143. The van der Waals surface area contributed by atoms with Gasteiger partial charge in [-0.2, -0.15) is 0 Å². The quantitative estimate of drug-likeness (QED) is 0.747. The monoisotopic (exact) mass is 244 g/mol. The summed E-state index contributed by atoms with van der Waals surface area (Å²) in [6.07, 6.45) is 0. The molecule has 1 rings (SSSR count). The molecule has 0 aliphatic carbocycles. The van der Waals surface area contributed by atoms with Crippen LogP contribution >= 0.6 is 0 Å². The van der Waals surface area contributed by atoms with Gasteiger partial charge in [-0.25, -0.2) is 0 Å². The van der Waals surface area contributed by atoms with Crippen LogP contribution < -0.4 is 4.74 Å². The number of para-hydroxylation sites is 1. The van der Waals surface area contributed by atoms with E-state index in [1.165, 1.54) is 0 Å². The number of ether oxygens (including phenoxy) is 1. The van der Waals surface area contributed by atoms with E-state index in [1.807, 2.05) is 30.3 Å². The molecule has 10 heavy (non-hydrogen) atoms. The van der Waals surface area contributed by atoms with Crippen molar-refractivity contribution in [1.82, 2.24) is 0 Å². The van der Waals surface area contributed by atoms with Crippen LogP contribution in [0.25, 0.3) is 0 Å². The van der Waals surface area contributed by atoms with Crippen LogP contribution in [-0.4, -0.2) is 28.7 Å². The van der Waals surface area contributed by atoms with Gasteiger partial charge in [0.25, 0.3) is 0 Å². The first kappa shape index (κ1) is 9.82. The topological polar surface area (TPSA) is 9.23 Å². The number of benzene rings is 1. The zero-order chi connectivity index (χ0) is 6.53. The third-order valence-corrected chi connectivity index (χ3v) is 1.88. The molecule has 0 N–H and O–H groups in total. The van der Waals surface area contributed by atoms with E-state index in [0.717, 1.165) is 10.1 Å². The molecule has 0 bridgehead atoms. The summed E-state index contributed by atoms with van der Waals surface area (Å²) in [6, 6.07) is 9.93. The van der Waals surface area contributed by atoms with Crippen molar-refractivity contribution in [2.24, 2.45) is 0 Å². The van der Waals surface area contributed by atoms with Gasteiger partial charge >= 0.3 is 69.6 Å². The standard InChI is InChI=1S/C7H7O.FH.In.2H/c1-8-7-5-3-2-4-6-7;;;;/h2-6H,1H2;1H;;;. The van der Waals surface area contributed by atoms with Crippen molar-refractivity contribution in [3.63, 3.8) is 0 Å². The van der Waals surface area contributed by atoms with Crippen molar-refractivity contribution in [3.8, 4) is 5.75 Å². The van der Waals surface area contributed by atoms with Crippen LogP contribution in [0.15, 0.2) is 30.3 Å². The predicted octanol–water partition coefficient (Wildman–Crippen LogP) is 0.808. The van der Waals surface area contributed by atoms with Crippen LogP contribution in [0.2, 0.25) is 0 Å². The third kappa shape index (κ3) is 3.11. The molecule has 0 atom stereocenters. The fourth-order valence-corrected chi connectivity index (χ4v) is 1.63. The summed E-state index contributed by atoms with van der Waals surface area (Å²) in [5.74, 6) is 0.997. The molecular formula is C7H10FInO. The number of hydrogen-bond donors (Lipinski definition) is 0. The van der Waals surface area contributed by atoms with E-state index in [1.54, 1.807) is 0 Å². The van der Waals surface area contributed by atoms with Crippen molar-refractivity contribution < 1.29 is 9.44 Å². The van der Waals surface area contributed by atoms with Crippen LogP contribution in [0.1, 0.15) is 0 Å².